The van der Waals surface area contributed by atoms with Crippen LogP contribution in [0.1, 0.15) is 76.8 Å². The molecule has 2 rings (SSSR count). The van der Waals surface area contributed by atoms with E-state index in [0.29, 0.717) is 24.0 Å². The van der Waals surface area contributed by atoms with Gasteiger partial charge in [0.1, 0.15) is 0 Å². The van der Waals surface area contributed by atoms with Gasteiger partial charge >= 0.3 is 24.2 Å². The zero-order chi connectivity index (χ0) is 28.3. The monoisotopic (exact) mass is 548 g/mol. The molecule has 0 aromatic heterocycles. The molecule has 0 saturated carbocycles. The van der Waals surface area contributed by atoms with Gasteiger partial charge in [-0.2, -0.15) is 0 Å². The molecule has 0 aliphatic heterocycles. The van der Waals surface area contributed by atoms with Gasteiger partial charge in [-0.3, -0.25) is 9.78 Å². The summed E-state index contributed by atoms with van der Waals surface area (Å²) in [5, 5.41) is 8.37. The Kier molecular flexibility index (Phi) is 14.5. The van der Waals surface area contributed by atoms with Crippen molar-refractivity contribution in [3.8, 4) is 0 Å². The second-order valence-electron chi connectivity index (χ2n) is 8.35. The number of hydrogen-bond donors (Lipinski definition) is 0. The summed E-state index contributed by atoms with van der Waals surface area (Å²) in [5.41, 5.74) is 1.95. The van der Waals surface area contributed by atoms with Gasteiger partial charge in [-0.25, -0.2) is 29.0 Å². The summed E-state index contributed by atoms with van der Waals surface area (Å²) in [6.45, 7) is 3.72. The number of aryl methyl sites for hydroxylation is 2. The first-order chi connectivity index (χ1) is 18.9. The fourth-order valence-electron chi connectivity index (χ4n) is 3.29. The van der Waals surface area contributed by atoms with Crippen LogP contribution in [0.5, 0.6) is 0 Å². The molecule has 0 heterocycles. The Morgan fingerprint density at radius 3 is 1.26 bits per heavy atom. The average molecular weight is 549 g/mol. The molecule has 0 fully saturated rings. The van der Waals surface area contributed by atoms with Crippen molar-refractivity contribution >= 4 is 24.2 Å². The Morgan fingerprint density at radius 1 is 0.513 bits per heavy atom. The van der Waals surface area contributed by atoms with Crippen LogP contribution in [-0.2, 0) is 39.1 Å². The smallest absolute Gasteiger partial charge is 0.432 e. The maximum absolute atomic E-state index is 11.8. The van der Waals surface area contributed by atoms with Gasteiger partial charge in [0.05, 0.1) is 34.4 Å². The van der Waals surface area contributed by atoms with Crippen LogP contribution < -0.4 is 0 Å². The lowest BCUT2D eigenvalue weighted by Gasteiger charge is -2.06. The number of carbonyl (C=O) groups is 4. The first-order valence-corrected chi connectivity index (χ1v) is 12.4. The molecule has 0 aliphatic carbocycles. The van der Waals surface area contributed by atoms with E-state index in [0.717, 1.165) is 32.1 Å². The predicted octanol–water partition coefficient (Wildman–Crippen LogP) is 6.05. The molecule has 0 radical (unpaired) electrons. The van der Waals surface area contributed by atoms with Gasteiger partial charge in [0, 0.05) is 0 Å². The molecule has 0 N–H and O–H groups in total. The predicted molar refractivity (Wildman–Crippen MR) is 133 cm³/mol. The minimum absolute atomic E-state index is 0.131. The minimum Gasteiger partial charge on any atom is -0.432 e. The minimum atomic E-state index is -1.11. The number of unbranched alkanes of at least 4 members (excludes halogenated alkanes) is 6. The molecule has 12 heteroatoms. The molecule has 39 heavy (non-hydrogen) atoms. The zero-order valence-electron chi connectivity index (χ0n) is 21.9. The summed E-state index contributed by atoms with van der Waals surface area (Å²) in [7, 11) is 0. The maximum atomic E-state index is 11.8. The molecule has 0 bridgehead atoms. The van der Waals surface area contributed by atoms with Crippen molar-refractivity contribution in [3.05, 3.63) is 70.8 Å². The largest absolute Gasteiger partial charge is 0.543 e. The number of hydrogen-bond acceptors (Lipinski definition) is 12. The number of ether oxygens (including phenoxy) is 2. The van der Waals surface area contributed by atoms with E-state index in [2.05, 4.69) is 29.6 Å². The molecular formula is C27H32O12. The van der Waals surface area contributed by atoms with Gasteiger partial charge in [0.2, 0.25) is 0 Å². The summed E-state index contributed by atoms with van der Waals surface area (Å²) in [4.78, 5) is 63.8. The van der Waals surface area contributed by atoms with Crippen molar-refractivity contribution < 1.29 is 58.3 Å². The lowest BCUT2D eigenvalue weighted by atomic mass is 10.1. The van der Waals surface area contributed by atoms with E-state index in [4.69, 9.17) is 9.47 Å². The van der Waals surface area contributed by atoms with Crippen LogP contribution in [0.3, 0.4) is 0 Å². The van der Waals surface area contributed by atoms with Gasteiger partial charge in [0.15, 0.2) is 0 Å². The van der Waals surface area contributed by atoms with Crippen molar-refractivity contribution in [2.45, 2.75) is 58.8 Å². The van der Waals surface area contributed by atoms with Gasteiger partial charge in [-0.05, 0) is 49.9 Å². The molecule has 12 nitrogen and oxygen atoms in total. The summed E-state index contributed by atoms with van der Waals surface area (Å²) in [5.74, 6) is -1.59. The highest BCUT2D eigenvalue weighted by atomic mass is 17.5. The van der Waals surface area contributed by atoms with E-state index in [1.54, 1.807) is 62.4 Å². The molecule has 2 aromatic rings. The highest BCUT2D eigenvalue weighted by Gasteiger charge is 2.15. The fourth-order valence-corrected chi connectivity index (χ4v) is 3.29. The molecule has 0 spiro atoms. The lowest BCUT2D eigenvalue weighted by molar-refractivity contribution is -0.452. The second kappa shape index (κ2) is 18.2. The van der Waals surface area contributed by atoms with Crippen LogP contribution in [-0.4, -0.2) is 37.5 Å². The third-order valence-electron chi connectivity index (χ3n) is 5.38. The Balaban J connectivity index is 1.36. The van der Waals surface area contributed by atoms with Crippen LogP contribution in [0, 0.1) is 13.8 Å². The van der Waals surface area contributed by atoms with Gasteiger partial charge in [0.25, 0.3) is 0 Å². The molecule has 0 atom stereocenters. The number of carbonyl (C=O) groups excluding carboxylic acids is 4. The first kappa shape index (κ1) is 31.1. The van der Waals surface area contributed by atoms with Crippen molar-refractivity contribution in [1.82, 2.24) is 0 Å². The Bertz CT molecular complexity index is 985. The third kappa shape index (κ3) is 12.8. The van der Waals surface area contributed by atoms with Gasteiger partial charge < -0.3 is 9.47 Å². The average Bonchev–Trinajstić information content (AvgIpc) is 2.92. The Labute approximate surface area is 225 Å². The van der Waals surface area contributed by atoms with E-state index >= 15 is 0 Å². The normalized spacial score (nSPS) is 10.3. The highest BCUT2D eigenvalue weighted by Crippen LogP contribution is 2.11. The molecule has 0 amide bonds. The van der Waals surface area contributed by atoms with Gasteiger partial charge in [-0.15, -0.1) is 0 Å². The van der Waals surface area contributed by atoms with Crippen molar-refractivity contribution in [1.29, 1.82) is 0 Å². The SMILES string of the molecule is Cc1ccccc1C(=O)OOOC(=O)OCCCCCCCCCOC(=O)OOOC(=O)c1ccccc1C. The topological polar surface area (TPSA) is 142 Å². The van der Waals surface area contributed by atoms with E-state index < -0.39 is 24.2 Å². The first-order valence-electron chi connectivity index (χ1n) is 12.4. The maximum Gasteiger partial charge on any atom is 0.543 e. The van der Waals surface area contributed by atoms with E-state index in [1.807, 2.05) is 0 Å². The Hall–Kier alpha value is -4.16. The fraction of sp³-hybridized carbons (Fsp3) is 0.407. The molecule has 0 aliphatic rings. The number of benzene rings is 2. The highest BCUT2D eigenvalue weighted by molar-refractivity contribution is 5.91. The standard InChI is InChI=1S/C27H32O12/c1-20-14-8-10-16-22(20)24(28)34-38-36-26(30)32-18-12-6-4-3-5-7-13-19-33-27(31)37-39-35-25(29)23-17-11-9-15-21(23)2/h8-11,14-17H,3-7,12-13,18-19H2,1-2H3. The van der Waals surface area contributed by atoms with Crippen LogP contribution in [0.25, 0.3) is 0 Å². The zero-order valence-corrected chi connectivity index (χ0v) is 21.9. The molecule has 212 valence electrons. The summed E-state index contributed by atoms with van der Waals surface area (Å²) in [6, 6.07) is 13.4. The third-order valence-corrected chi connectivity index (χ3v) is 5.38. The Morgan fingerprint density at radius 2 is 0.872 bits per heavy atom. The van der Waals surface area contributed by atoms with Crippen LogP contribution in [0.4, 0.5) is 9.59 Å². The van der Waals surface area contributed by atoms with Crippen molar-refractivity contribution in [2.75, 3.05) is 13.2 Å². The molecular weight excluding hydrogens is 516 g/mol. The molecule has 0 saturated heterocycles. The summed E-state index contributed by atoms with van der Waals surface area (Å²) >= 11 is 0. The van der Waals surface area contributed by atoms with Crippen molar-refractivity contribution in [2.24, 2.45) is 0 Å². The van der Waals surface area contributed by atoms with Crippen LogP contribution >= 0.6 is 0 Å². The van der Waals surface area contributed by atoms with E-state index in [-0.39, 0.29) is 24.3 Å². The summed E-state index contributed by atoms with van der Waals surface area (Å²) < 4.78 is 9.66. The van der Waals surface area contributed by atoms with E-state index in [9.17, 15) is 19.2 Å². The van der Waals surface area contributed by atoms with E-state index in [1.165, 1.54) is 0 Å². The van der Waals surface area contributed by atoms with Gasteiger partial charge in [-0.1, -0.05) is 68.5 Å². The molecule has 2 aromatic carbocycles. The second-order valence-corrected chi connectivity index (χ2v) is 8.35. The van der Waals surface area contributed by atoms with Crippen LogP contribution in [0.15, 0.2) is 48.5 Å². The summed E-state index contributed by atoms with van der Waals surface area (Å²) in [6.07, 6.45) is 3.49. The number of rotatable bonds is 16. The lowest BCUT2D eigenvalue weighted by Crippen LogP contribution is -2.13. The molecule has 0 unspecified atom stereocenters. The quantitative estimate of drug-likeness (QED) is 0.104. The van der Waals surface area contributed by atoms with Crippen molar-refractivity contribution in [3.63, 3.8) is 0 Å². The van der Waals surface area contributed by atoms with Crippen LogP contribution in [0.2, 0.25) is 0 Å².